The van der Waals surface area contributed by atoms with Gasteiger partial charge in [0.1, 0.15) is 5.54 Å². The van der Waals surface area contributed by atoms with E-state index < -0.39 is 11.5 Å². The van der Waals surface area contributed by atoms with Crippen molar-refractivity contribution in [2.75, 3.05) is 0 Å². The van der Waals surface area contributed by atoms with Gasteiger partial charge in [-0.1, -0.05) is 73.5 Å². The molecule has 136 valence electrons. The molecule has 1 saturated carbocycles. The molecule has 1 fully saturated rings. The van der Waals surface area contributed by atoms with Crippen LogP contribution in [-0.4, -0.2) is 22.5 Å². The Hall–Kier alpha value is -3.14. The van der Waals surface area contributed by atoms with Crippen molar-refractivity contribution in [3.05, 3.63) is 72.3 Å². The van der Waals surface area contributed by atoms with Crippen molar-refractivity contribution in [3.8, 4) is 11.1 Å². The second-order valence-corrected chi connectivity index (χ2v) is 7.12. The third kappa shape index (κ3) is 3.08. The average molecular weight is 359 g/mol. The summed E-state index contributed by atoms with van der Waals surface area (Å²) in [4.78, 5) is 25.0. The molecular weight excluding hydrogens is 338 g/mol. The summed E-state index contributed by atoms with van der Waals surface area (Å²) in [5.41, 5.74) is 1.13. The van der Waals surface area contributed by atoms with Crippen molar-refractivity contribution < 1.29 is 14.7 Å². The largest absolute Gasteiger partial charge is 0.480 e. The minimum absolute atomic E-state index is 0.330. The highest BCUT2D eigenvalue weighted by Gasteiger charge is 2.43. The van der Waals surface area contributed by atoms with Crippen LogP contribution in [0.5, 0.6) is 0 Å². The molecule has 4 nitrogen and oxygen atoms in total. The van der Waals surface area contributed by atoms with Gasteiger partial charge in [0.25, 0.3) is 5.91 Å². The number of amides is 1. The number of carboxylic acids is 1. The van der Waals surface area contributed by atoms with Gasteiger partial charge in [-0.05, 0) is 35.2 Å². The number of carbonyl (C=O) groups excluding carboxylic acids is 1. The van der Waals surface area contributed by atoms with Crippen molar-refractivity contribution in [1.29, 1.82) is 0 Å². The third-order valence-electron chi connectivity index (χ3n) is 5.46. The van der Waals surface area contributed by atoms with Crippen LogP contribution in [0.4, 0.5) is 0 Å². The van der Waals surface area contributed by atoms with E-state index in [-0.39, 0.29) is 5.91 Å². The molecule has 1 aliphatic rings. The van der Waals surface area contributed by atoms with E-state index in [1.807, 2.05) is 60.7 Å². The van der Waals surface area contributed by atoms with Gasteiger partial charge in [-0.3, -0.25) is 4.79 Å². The molecule has 0 bridgehead atoms. The molecule has 0 saturated heterocycles. The van der Waals surface area contributed by atoms with E-state index in [4.69, 9.17) is 0 Å². The van der Waals surface area contributed by atoms with Crippen molar-refractivity contribution in [3.63, 3.8) is 0 Å². The van der Waals surface area contributed by atoms with Crippen molar-refractivity contribution in [1.82, 2.24) is 5.32 Å². The minimum atomic E-state index is -1.16. The predicted octanol–water partition coefficient (Wildman–Crippen LogP) is 4.63. The number of fused-ring (bicyclic) bond motifs is 1. The SMILES string of the molecule is O=C(NC1(C(=O)O)CCCC1)c1ccc2ccccc2c1-c1ccccc1. The summed E-state index contributed by atoms with van der Waals surface area (Å²) in [6, 6.07) is 21.4. The van der Waals surface area contributed by atoms with Gasteiger partial charge in [0.2, 0.25) is 0 Å². The van der Waals surface area contributed by atoms with E-state index in [0.29, 0.717) is 18.4 Å². The van der Waals surface area contributed by atoms with Gasteiger partial charge in [-0.15, -0.1) is 0 Å². The van der Waals surface area contributed by atoms with Crippen LogP contribution in [-0.2, 0) is 4.79 Å². The summed E-state index contributed by atoms with van der Waals surface area (Å²) in [6.45, 7) is 0. The highest BCUT2D eigenvalue weighted by atomic mass is 16.4. The number of nitrogens with one attached hydrogen (secondary N) is 1. The smallest absolute Gasteiger partial charge is 0.329 e. The van der Waals surface area contributed by atoms with Gasteiger partial charge in [-0.25, -0.2) is 4.79 Å². The first-order valence-electron chi connectivity index (χ1n) is 9.24. The third-order valence-corrected chi connectivity index (χ3v) is 5.46. The van der Waals surface area contributed by atoms with Crippen LogP contribution in [0.2, 0.25) is 0 Å². The molecule has 2 N–H and O–H groups in total. The zero-order valence-corrected chi connectivity index (χ0v) is 14.9. The summed E-state index contributed by atoms with van der Waals surface area (Å²) >= 11 is 0. The summed E-state index contributed by atoms with van der Waals surface area (Å²) in [7, 11) is 0. The molecule has 4 heteroatoms. The Morgan fingerprint density at radius 1 is 0.852 bits per heavy atom. The standard InChI is InChI=1S/C23H21NO3/c25-21(24-23(22(26)27)14-6-7-15-23)19-13-12-16-8-4-5-11-18(16)20(19)17-9-2-1-3-10-17/h1-5,8-13H,6-7,14-15H2,(H,24,25)(H,26,27). The molecule has 1 aliphatic carbocycles. The first kappa shape index (κ1) is 17.3. The lowest BCUT2D eigenvalue weighted by Crippen LogP contribution is -2.52. The molecule has 0 aromatic heterocycles. The molecule has 0 aliphatic heterocycles. The first-order valence-corrected chi connectivity index (χ1v) is 9.24. The molecule has 27 heavy (non-hydrogen) atoms. The topological polar surface area (TPSA) is 66.4 Å². The quantitative estimate of drug-likeness (QED) is 0.713. The molecule has 0 spiro atoms. The van der Waals surface area contributed by atoms with Crippen LogP contribution in [0.1, 0.15) is 36.0 Å². The van der Waals surface area contributed by atoms with Crippen molar-refractivity contribution >= 4 is 22.6 Å². The van der Waals surface area contributed by atoms with Crippen LogP contribution in [0.15, 0.2) is 66.7 Å². The summed E-state index contributed by atoms with van der Waals surface area (Å²) < 4.78 is 0. The number of carbonyl (C=O) groups is 2. The summed E-state index contributed by atoms with van der Waals surface area (Å²) in [6.07, 6.45) is 2.58. The molecule has 1 amide bonds. The normalized spacial score (nSPS) is 15.6. The fraction of sp³-hybridized carbons (Fsp3) is 0.217. The summed E-state index contributed by atoms with van der Waals surface area (Å²) in [5.74, 6) is -1.28. The van der Waals surface area contributed by atoms with Gasteiger partial charge in [-0.2, -0.15) is 0 Å². The maximum atomic E-state index is 13.2. The van der Waals surface area contributed by atoms with Gasteiger partial charge in [0.05, 0.1) is 0 Å². The number of hydrogen-bond donors (Lipinski definition) is 2. The lowest BCUT2D eigenvalue weighted by molar-refractivity contribution is -0.144. The zero-order valence-electron chi connectivity index (χ0n) is 14.9. The van der Waals surface area contributed by atoms with Crippen LogP contribution in [0.3, 0.4) is 0 Å². The molecule has 3 aromatic carbocycles. The summed E-state index contributed by atoms with van der Waals surface area (Å²) in [5, 5.41) is 14.6. The second-order valence-electron chi connectivity index (χ2n) is 7.12. The van der Waals surface area contributed by atoms with Crippen LogP contribution in [0.25, 0.3) is 21.9 Å². The predicted molar refractivity (Wildman–Crippen MR) is 106 cm³/mol. The first-order chi connectivity index (χ1) is 13.1. The van der Waals surface area contributed by atoms with E-state index >= 15 is 0 Å². The van der Waals surface area contributed by atoms with E-state index in [0.717, 1.165) is 34.7 Å². The van der Waals surface area contributed by atoms with E-state index in [1.165, 1.54) is 0 Å². The van der Waals surface area contributed by atoms with E-state index in [9.17, 15) is 14.7 Å². The van der Waals surface area contributed by atoms with Crippen LogP contribution >= 0.6 is 0 Å². The Labute approximate surface area is 157 Å². The Balaban J connectivity index is 1.84. The Morgan fingerprint density at radius 2 is 1.52 bits per heavy atom. The van der Waals surface area contributed by atoms with Crippen LogP contribution in [0, 0.1) is 0 Å². The number of rotatable bonds is 4. The molecule has 0 radical (unpaired) electrons. The lowest BCUT2D eigenvalue weighted by Gasteiger charge is -2.26. The van der Waals surface area contributed by atoms with Crippen molar-refractivity contribution in [2.24, 2.45) is 0 Å². The van der Waals surface area contributed by atoms with Crippen molar-refractivity contribution in [2.45, 2.75) is 31.2 Å². The highest BCUT2D eigenvalue weighted by molar-refractivity contribution is 6.10. The second kappa shape index (κ2) is 6.88. The van der Waals surface area contributed by atoms with Crippen LogP contribution < -0.4 is 5.32 Å². The molecule has 0 atom stereocenters. The van der Waals surface area contributed by atoms with Gasteiger partial charge >= 0.3 is 5.97 Å². The Kier molecular flexibility index (Phi) is 4.40. The fourth-order valence-corrected chi connectivity index (χ4v) is 4.03. The zero-order chi connectivity index (χ0) is 18.9. The minimum Gasteiger partial charge on any atom is -0.480 e. The molecule has 4 rings (SSSR count). The monoisotopic (exact) mass is 359 g/mol. The molecule has 3 aromatic rings. The van der Waals surface area contributed by atoms with E-state index in [2.05, 4.69) is 5.32 Å². The average Bonchev–Trinajstić information content (AvgIpc) is 3.17. The van der Waals surface area contributed by atoms with Gasteiger partial charge in [0, 0.05) is 11.1 Å². The van der Waals surface area contributed by atoms with Gasteiger partial charge < -0.3 is 10.4 Å². The van der Waals surface area contributed by atoms with E-state index in [1.54, 1.807) is 6.07 Å². The fourth-order valence-electron chi connectivity index (χ4n) is 4.03. The molecule has 0 heterocycles. The Bertz CT molecular complexity index is 1000. The number of carboxylic acid groups (broad SMARTS) is 1. The maximum Gasteiger partial charge on any atom is 0.329 e. The number of aliphatic carboxylic acids is 1. The molecule has 0 unspecified atom stereocenters. The number of hydrogen-bond acceptors (Lipinski definition) is 2. The molecular formula is C23H21NO3. The lowest BCUT2D eigenvalue weighted by atomic mass is 9.91. The maximum absolute atomic E-state index is 13.2. The highest BCUT2D eigenvalue weighted by Crippen LogP contribution is 2.34. The Morgan fingerprint density at radius 3 is 2.22 bits per heavy atom. The number of benzene rings is 3. The van der Waals surface area contributed by atoms with Gasteiger partial charge in [0.15, 0.2) is 0 Å².